The summed E-state index contributed by atoms with van der Waals surface area (Å²) in [4.78, 5) is 0. The van der Waals surface area contributed by atoms with E-state index in [1.807, 2.05) is 0 Å². The summed E-state index contributed by atoms with van der Waals surface area (Å²) in [6, 6.07) is 0. The van der Waals surface area contributed by atoms with Gasteiger partial charge in [-0.15, -0.1) is 0 Å². The van der Waals surface area contributed by atoms with Crippen LogP contribution in [0.15, 0.2) is 0 Å². The number of hydrogen-bond acceptors (Lipinski definition) is 6. The molecule has 1 heterocycles. The van der Waals surface area contributed by atoms with E-state index in [0.717, 1.165) is 0 Å². The zero-order valence-corrected chi connectivity index (χ0v) is 12.4. The van der Waals surface area contributed by atoms with Gasteiger partial charge in [-0.05, 0) is 0 Å². The lowest BCUT2D eigenvalue weighted by Crippen LogP contribution is -2.76. The molecule has 156 valence electrons. The number of rotatable bonds is 0. The standard InChI is InChI=1S/C6F12O6S2/c7-3(8,9)1(4(10,11)12)23-25(19,20)2(5(13,14)15,6(16,17)18)26(21,22)24-1. The molecule has 0 unspecified atom stereocenters. The third-order valence-electron chi connectivity index (χ3n) is 2.65. The van der Waals surface area contributed by atoms with Crippen LogP contribution in [0.1, 0.15) is 0 Å². The summed E-state index contributed by atoms with van der Waals surface area (Å²) in [5.41, 5.74) is 0. The van der Waals surface area contributed by atoms with Crippen LogP contribution < -0.4 is 0 Å². The van der Waals surface area contributed by atoms with E-state index in [2.05, 4.69) is 8.37 Å². The maximum absolute atomic E-state index is 12.7. The van der Waals surface area contributed by atoms with Crippen LogP contribution >= 0.6 is 0 Å². The Labute approximate surface area is 133 Å². The minimum Gasteiger partial charge on any atom is -0.213 e. The molecular formula is C6F12O6S2. The van der Waals surface area contributed by atoms with E-state index in [1.165, 1.54) is 0 Å². The van der Waals surface area contributed by atoms with Gasteiger partial charge in [0.15, 0.2) is 0 Å². The summed E-state index contributed by atoms with van der Waals surface area (Å²) in [7, 11) is -16.6. The third-order valence-corrected chi connectivity index (χ3v) is 7.12. The lowest BCUT2D eigenvalue weighted by atomic mass is 10.3. The Kier molecular flexibility index (Phi) is 4.67. The summed E-state index contributed by atoms with van der Waals surface area (Å²) in [6.07, 6.45) is -29.7. The SMILES string of the molecule is O=S1(=O)OC(C(F)(F)F)(C(F)(F)F)OS(=O)(=O)C1(C(F)(F)F)C(F)(F)F. The predicted octanol–water partition coefficient (Wildman–Crippen LogP) is 2.33. The minimum atomic E-state index is -8.29. The van der Waals surface area contributed by atoms with Gasteiger partial charge < -0.3 is 0 Å². The van der Waals surface area contributed by atoms with Crippen molar-refractivity contribution in [1.82, 2.24) is 0 Å². The highest BCUT2D eigenvalue weighted by Gasteiger charge is 2.95. The number of hydrogen-bond donors (Lipinski definition) is 0. The van der Waals surface area contributed by atoms with Crippen LogP contribution in [-0.4, -0.2) is 51.4 Å². The second-order valence-corrected chi connectivity index (χ2v) is 7.93. The molecule has 26 heavy (non-hydrogen) atoms. The van der Waals surface area contributed by atoms with Crippen LogP contribution in [0.25, 0.3) is 0 Å². The first-order valence-corrected chi connectivity index (χ1v) is 7.90. The van der Waals surface area contributed by atoms with Gasteiger partial charge in [0.2, 0.25) is 0 Å². The smallest absolute Gasteiger partial charge is 0.213 e. The van der Waals surface area contributed by atoms with Gasteiger partial charge in [-0.3, -0.25) is 0 Å². The van der Waals surface area contributed by atoms with Crippen LogP contribution in [0.2, 0.25) is 0 Å². The Morgan fingerprint density at radius 3 is 0.885 bits per heavy atom. The molecule has 1 aliphatic heterocycles. The average molecular weight is 460 g/mol. The molecule has 0 aromatic heterocycles. The van der Waals surface area contributed by atoms with E-state index in [9.17, 15) is 69.5 Å². The van der Waals surface area contributed by atoms with Crippen molar-refractivity contribution in [3.8, 4) is 0 Å². The van der Waals surface area contributed by atoms with E-state index < -0.39 is 54.8 Å². The molecule has 0 saturated carbocycles. The highest BCUT2D eigenvalue weighted by Crippen LogP contribution is 2.61. The summed E-state index contributed by atoms with van der Waals surface area (Å²) in [5, 5.41) is 0. The summed E-state index contributed by atoms with van der Waals surface area (Å²) in [5.74, 6) is -6.86. The van der Waals surface area contributed by atoms with Gasteiger partial charge in [0.25, 0.3) is 0 Å². The van der Waals surface area contributed by atoms with Gasteiger partial charge in [-0.2, -0.15) is 69.5 Å². The molecule has 1 rings (SSSR count). The molecule has 0 spiro atoms. The zero-order chi connectivity index (χ0) is 21.4. The molecule has 0 aromatic carbocycles. The second kappa shape index (κ2) is 5.28. The van der Waals surface area contributed by atoms with E-state index in [4.69, 9.17) is 0 Å². The van der Waals surface area contributed by atoms with Crippen LogP contribution in [-0.2, 0) is 28.6 Å². The van der Waals surface area contributed by atoms with Crippen molar-refractivity contribution in [2.24, 2.45) is 0 Å². The van der Waals surface area contributed by atoms with Crippen LogP contribution in [0.5, 0.6) is 0 Å². The molecule has 0 amide bonds. The Morgan fingerprint density at radius 1 is 0.500 bits per heavy atom. The van der Waals surface area contributed by atoms with Crippen molar-refractivity contribution in [3.63, 3.8) is 0 Å². The molecule has 20 heteroatoms. The van der Waals surface area contributed by atoms with Crippen LogP contribution in [0, 0.1) is 0 Å². The molecule has 0 atom stereocenters. The van der Waals surface area contributed by atoms with Gasteiger partial charge in [-0.25, -0.2) is 8.37 Å². The molecule has 0 bridgehead atoms. The summed E-state index contributed by atoms with van der Waals surface area (Å²) >= 11 is 0. The lowest BCUT2D eigenvalue weighted by molar-refractivity contribution is -0.426. The Bertz CT molecular complexity index is 712. The Hall–Kier alpha value is -1.02. The molecule has 1 aliphatic rings. The number of alkyl halides is 12. The number of halogens is 12. The molecule has 1 saturated heterocycles. The fourth-order valence-electron chi connectivity index (χ4n) is 1.64. The normalized spacial score (nSPS) is 25.7. The van der Waals surface area contributed by atoms with Crippen molar-refractivity contribution in [2.45, 2.75) is 34.6 Å². The molecule has 0 aliphatic carbocycles. The largest absolute Gasteiger partial charge is 0.455 e. The van der Waals surface area contributed by atoms with Gasteiger partial charge in [0, 0.05) is 0 Å². The average Bonchev–Trinajstić information content (AvgIpc) is 2.16. The van der Waals surface area contributed by atoms with E-state index in [0.29, 0.717) is 0 Å². The van der Waals surface area contributed by atoms with Gasteiger partial charge in [-0.1, -0.05) is 0 Å². The lowest BCUT2D eigenvalue weighted by Gasteiger charge is -2.44. The van der Waals surface area contributed by atoms with Crippen molar-refractivity contribution in [1.29, 1.82) is 0 Å². The topological polar surface area (TPSA) is 86.7 Å². The van der Waals surface area contributed by atoms with Crippen LogP contribution in [0.4, 0.5) is 52.7 Å². The maximum atomic E-state index is 12.7. The minimum absolute atomic E-state index is 2.08. The Morgan fingerprint density at radius 2 is 0.731 bits per heavy atom. The maximum Gasteiger partial charge on any atom is 0.455 e. The van der Waals surface area contributed by atoms with E-state index in [-0.39, 0.29) is 0 Å². The predicted molar refractivity (Wildman–Crippen MR) is 49.7 cm³/mol. The molecule has 6 nitrogen and oxygen atoms in total. The Balaban J connectivity index is 4.11. The first-order valence-electron chi connectivity index (χ1n) is 5.08. The fraction of sp³-hybridized carbons (Fsp3) is 1.00. The zero-order valence-electron chi connectivity index (χ0n) is 10.8. The van der Waals surface area contributed by atoms with Crippen molar-refractivity contribution in [2.75, 3.05) is 0 Å². The summed E-state index contributed by atoms with van der Waals surface area (Å²) in [6.45, 7) is 0. The van der Waals surface area contributed by atoms with Gasteiger partial charge in [0.05, 0.1) is 0 Å². The third kappa shape index (κ3) is 2.63. The highest BCUT2D eigenvalue weighted by atomic mass is 32.3. The molecule has 0 radical (unpaired) electrons. The molecule has 1 fully saturated rings. The van der Waals surface area contributed by atoms with E-state index in [1.54, 1.807) is 0 Å². The fourth-order valence-corrected chi connectivity index (χ4v) is 5.32. The highest BCUT2D eigenvalue weighted by molar-refractivity contribution is 8.06. The van der Waals surface area contributed by atoms with Crippen molar-refractivity contribution < 1.29 is 77.9 Å². The van der Waals surface area contributed by atoms with Crippen molar-refractivity contribution >= 4 is 20.2 Å². The van der Waals surface area contributed by atoms with Gasteiger partial charge >= 0.3 is 54.8 Å². The monoisotopic (exact) mass is 460 g/mol. The van der Waals surface area contributed by atoms with Crippen molar-refractivity contribution in [3.05, 3.63) is 0 Å². The van der Waals surface area contributed by atoms with Crippen LogP contribution in [0.3, 0.4) is 0 Å². The first kappa shape index (κ1) is 23.0. The molecule has 0 aromatic rings. The molecule has 0 N–H and O–H groups in total. The van der Waals surface area contributed by atoms with E-state index >= 15 is 0 Å². The summed E-state index contributed by atoms with van der Waals surface area (Å²) < 4.78 is 193. The first-order chi connectivity index (χ1) is 10.9. The quantitative estimate of drug-likeness (QED) is 0.408. The molecular weight excluding hydrogens is 460 g/mol. The second-order valence-electron chi connectivity index (χ2n) is 4.30. The van der Waals surface area contributed by atoms with Gasteiger partial charge in [0.1, 0.15) is 0 Å².